The Morgan fingerprint density at radius 2 is 1.87 bits per heavy atom. The normalized spacial score (nSPS) is 15.8. The summed E-state index contributed by atoms with van der Waals surface area (Å²) < 4.78 is 11.2. The molecular weight excluding hydrogens is 380 g/mol. The molecule has 0 aliphatic heterocycles. The number of para-hydroxylation sites is 1. The SMILES string of the molecule is COc1cccc2cc(C(=O)N(Cc3ccc(C(=O)NC4CC4)cc3)C3CC3)oc12. The van der Waals surface area contributed by atoms with Gasteiger partial charge in [-0.2, -0.15) is 0 Å². The maximum atomic E-state index is 13.2. The minimum Gasteiger partial charge on any atom is -0.493 e. The lowest BCUT2D eigenvalue weighted by Gasteiger charge is -2.21. The molecule has 0 saturated heterocycles. The molecule has 6 heteroatoms. The minimum atomic E-state index is -0.119. The Hall–Kier alpha value is -3.28. The fraction of sp³-hybridized carbons (Fsp3) is 0.333. The second-order valence-corrected chi connectivity index (χ2v) is 8.10. The number of rotatable bonds is 7. The number of amides is 2. The number of ether oxygens (including phenoxy) is 1. The summed E-state index contributed by atoms with van der Waals surface area (Å²) in [5.41, 5.74) is 2.23. The lowest BCUT2D eigenvalue weighted by atomic mass is 10.1. The molecule has 2 aromatic carbocycles. The van der Waals surface area contributed by atoms with Gasteiger partial charge in [0.2, 0.25) is 0 Å². The van der Waals surface area contributed by atoms with Crippen molar-refractivity contribution in [2.75, 3.05) is 7.11 Å². The van der Waals surface area contributed by atoms with Gasteiger partial charge in [-0.15, -0.1) is 0 Å². The van der Waals surface area contributed by atoms with Gasteiger partial charge in [-0.25, -0.2) is 0 Å². The quantitative estimate of drug-likeness (QED) is 0.642. The maximum absolute atomic E-state index is 13.2. The van der Waals surface area contributed by atoms with Crippen LogP contribution in [0.25, 0.3) is 11.0 Å². The van der Waals surface area contributed by atoms with Crippen LogP contribution in [0.3, 0.4) is 0 Å². The molecule has 154 valence electrons. The Bertz CT molecular complexity index is 1090. The van der Waals surface area contributed by atoms with Gasteiger partial charge in [0.1, 0.15) is 0 Å². The first-order valence-electron chi connectivity index (χ1n) is 10.4. The van der Waals surface area contributed by atoms with Gasteiger partial charge >= 0.3 is 0 Å². The largest absolute Gasteiger partial charge is 0.493 e. The van der Waals surface area contributed by atoms with Crippen LogP contribution in [0, 0.1) is 0 Å². The second-order valence-electron chi connectivity index (χ2n) is 8.10. The number of benzene rings is 2. The number of carbonyl (C=O) groups is 2. The van der Waals surface area contributed by atoms with E-state index in [-0.39, 0.29) is 17.9 Å². The van der Waals surface area contributed by atoms with E-state index in [1.807, 2.05) is 47.4 Å². The highest BCUT2D eigenvalue weighted by molar-refractivity contribution is 5.97. The van der Waals surface area contributed by atoms with E-state index in [2.05, 4.69) is 5.32 Å². The van der Waals surface area contributed by atoms with Crippen molar-refractivity contribution in [3.63, 3.8) is 0 Å². The zero-order chi connectivity index (χ0) is 20.7. The van der Waals surface area contributed by atoms with Crippen molar-refractivity contribution in [2.24, 2.45) is 0 Å². The summed E-state index contributed by atoms with van der Waals surface area (Å²) in [4.78, 5) is 27.3. The van der Waals surface area contributed by atoms with Gasteiger partial charge in [0.15, 0.2) is 17.1 Å². The molecule has 0 unspecified atom stereocenters. The first-order chi connectivity index (χ1) is 14.6. The van der Waals surface area contributed by atoms with Crippen LogP contribution in [-0.4, -0.2) is 35.9 Å². The van der Waals surface area contributed by atoms with Gasteiger partial charge < -0.3 is 19.4 Å². The van der Waals surface area contributed by atoms with E-state index in [4.69, 9.17) is 9.15 Å². The number of fused-ring (bicyclic) bond motifs is 1. The van der Waals surface area contributed by atoms with Crippen LogP contribution in [0.5, 0.6) is 5.75 Å². The first-order valence-corrected chi connectivity index (χ1v) is 10.4. The van der Waals surface area contributed by atoms with Crippen molar-refractivity contribution < 1.29 is 18.7 Å². The fourth-order valence-electron chi connectivity index (χ4n) is 3.65. The molecule has 1 aromatic heterocycles. The van der Waals surface area contributed by atoms with Gasteiger partial charge in [-0.05, 0) is 55.5 Å². The van der Waals surface area contributed by atoms with Crippen molar-refractivity contribution in [3.8, 4) is 5.75 Å². The standard InChI is InChI=1S/C24H24N2O4/c1-29-20-4-2-3-17-13-21(30-22(17)20)24(28)26(19-11-12-19)14-15-5-7-16(8-6-15)23(27)25-18-9-10-18/h2-8,13,18-19H,9-12,14H2,1H3,(H,25,27). The van der Waals surface area contributed by atoms with Crippen LogP contribution in [-0.2, 0) is 6.54 Å². The van der Waals surface area contributed by atoms with E-state index < -0.39 is 0 Å². The molecule has 3 aromatic rings. The third-order valence-corrected chi connectivity index (χ3v) is 5.67. The van der Waals surface area contributed by atoms with Gasteiger partial charge in [-0.3, -0.25) is 9.59 Å². The highest BCUT2D eigenvalue weighted by Crippen LogP contribution is 2.33. The Labute approximate surface area is 174 Å². The average Bonchev–Trinajstić information content (AvgIpc) is 3.70. The highest BCUT2D eigenvalue weighted by Gasteiger charge is 2.34. The molecule has 2 aliphatic rings. The lowest BCUT2D eigenvalue weighted by molar-refractivity contribution is 0.0699. The minimum absolute atomic E-state index is 0.0320. The van der Waals surface area contributed by atoms with Crippen molar-refractivity contribution in [1.29, 1.82) is 0 Å². The zero-order valence-corrected chi connectivity index (χ0v) is 16.9. The third-order valence-electron chi connectivity index (χ3n) is 5.67. The van der Waals surface area contributed by atoms with E-state index in [1.54, 1.807) is 13.2 Å². The monoisotopic (exact) mass is 404 g/mol. The Morgan fingerprint density at radius 3 is 2.53 bits per heavy atom. The molecule has 30 heavy (non-hydrogen) atoms. The van der Waals surface area contributed by atoms with Crippen molar-refractivity contribution in [2.45, 2.75) is 44.3 Å². The molecule has 0 radical (unpaired) electrons. The first kappa shape index (κ1) is 18.7. The van der Waals surface area contributed by atoms with Crippen LogP contribution in [0.4, 0.5) is 0 Å². The van der Waals surface area contributed by atoms with Crippen molar-refractivity contribution in [1.82, 2.24) is 10.2 Å². The van der Waals surface area contributed by atoms with E-state index in [0.29, 0.717) is 35.2 Å². The number of furan rings is 1. The van der Waals surface area contributed by atoms with Crippen LogP contribution in [0.2, 0.25) is 0 Å². The summed E-state index contributed by atoms with van der Waals surface area (Å²) in [6.07, 6.45) is 4.13. The fourth-order valence-corrected chi connectivity index (χ4v) is 3.65. The van der Waals surface area contributed by atoms with E-state index in [1.165, 1.54) is 0 Å². The molecule has 0 spiro atoms. The molecule has 2 saturated carbocycles. The van der Waals surface area contributed by atoms with Gasteiger partial charge in [-0.1, -0.05) is 24.3 Å². The van der Waals surface area contributed by atoms with E-state index in [0.717, 1.165) is 36.6 Å². The van der Waals surface area contributed by atoms with Crippen molar-refractivity contribution >= 4 is 22.8 Å². The molecule has 1 heterocycles. The molecule has 2 aliphatic carbocycles. The van der Waals surface area contributed by atoms with Gasteiger partial charge in [0.25, 0.3) is 11.8 Å². The molecule has 0 bridgehead atoms. The molecule has 1 N–H and O–H groups in total. The predicted octanol–water partition coefficient (Wildman–Crippen LogP) is 4.14. The summed E-state index contributed by atoms with van der Waals surface area (Å²) in [5, 5.41) is 3.84. The number of nitrogens with zero attached hydrogens (tertiary/aromatic N) is 1. The Morgan fingerprint density at radius 1 is 1.10 bits per heavy atom. The van der Waals surface area contributed by atoms with Crippen molar-refractivity contribution in [3.05, 3.63) is 65.4 Å². The number of methoxy groups -OCH3 is 1. The average molecular weight is 404 g/mol. The molecule has 6 nitrogen and oxygen atoms in total. The molecule has 0 atom stereocenters. The maximum Gasteiger partial charge on any atom is 0.290 e. The Kier molecular flexibility index (Phi) is 4.69. The molecule has 2 fully saturated rings. The Balaban J connectivity index is 1.34. The topological polar surface area (TPSA) is 71.8 Å². The number of nitrogens with one attached hydrogen (secondary N) is 1. The van der Waals surface area contributed by atoms with E-state index in [9.17, 15) is 9.59 Å². The van der Waals surface area contributed by atoms with Crippen LogP contribution < -0.4 is 10.1 Å². The number of hydrogen-bond donors (Lipinski definition) is 1. The van der Waals surface area contributed by atoms with Gasteiger partial charge in [0.05, 0.1) is 7.11 Å². The highest BCUT2D eigenvalue weighted by atomic mass is 16.5. The van der Waals surface area contributed by atoms with E-state index >= 15 is 0 Å². The summed E-state index contributed by atoms with van der Waals surface area (Å²) in [6, 6.07) is 15.4. The van der Waals surface area contributed by atoms with Crippen LogP contribution >= 0.6 is 0 Å². The summed E-state index contributed by atoms with van der Waals surface area (Å²) in [7, 11) is 1.59. The summed E-state index contributed by atoms with van der Waals surface area (Å²) >= 11 is 0. The zero-order valence-electron chi connectivity index (χ0n) is 16.9. The van der Waals surface area contributed by atoms with Crippen LogP contribution in [0.15, 0.2) is 52.9 Å². The molecular formula is C24H24N2O4. The lowest BCUT2D eigenvalue weighted by Crippen LogP contribution is -2.32. The predicted molar refractivity (Wildman–Crippen MR) is 113 cm³/mol. The van der Waals surface area contributed by atoms with Gasteiger partial charge in [0, 0.05) is 29.6 Å². The number of hydrogen-bond acceptors (Lipinski definition) is 4. The summed E-state index contributed by atoms with van der Waals surface area (Å²) in [6.45, 7) is 0.488. The summed E-state index contributed by atoms with van der Waals surface area (Å²) in [5.74, 6) is 0.785. The molecule has 2 amide bonds. The van der Waals surface area contributed by atoms with Crippen LogP contribution in [0.1, 0.15) is 52.2 Å². The third kappa shape index (κ3) is 3.77. The number of carbonyl (C=O) groups excluding carboxylic acids is 2. The molecule has 5 rings (SSSR count). The smallest absolute Gasteiger partial charge is 0.290 e. The second kappa shape index (κ2) is 7.52.